The van der Waals surface area contributed by atoms with Crippen LogP contribution in [0.3, 0.4) is 0 Å². The maximum Gasteiger partial charge on any atom is 0.503 e. The second kappa shape index (κ2) is 29.4. The topological polar surface area (TPSA) is 27.7 Å². The Balaban J connectivity index is 0. The van der Waals surface area contributed by atoms with Crippen LogP contribution >= 0.6 is 0 Å². The van der Waals surface area contributed by atoms with Gasteiger partial charge in [-0.3, -0.25) is 0 Å². The van der Waals surface area contributed by atoms with E-state index in [1.54, 1.807) is 21.3 Å². The summed E-state index contributed by atoms with van der Waals surface area (Å²) >= 11 is 0. The molecular formula is C34H74ClNO3Si. The first kappa shape index (κ1) is 42.5. The van der Waals surface area contributed by atoms with E-state index < -0.39 is 8.80 Å². The van der Waals surface area contributed by atoms with Crippen molar-refractivity contribution in [1.82, 2.24) is 0 Å². The average Bonchev–Trinajstić information content (AvgIpc) is 2.93. The summed E-state index contributed by atoms with van der Waals surface area (Å²) in [6.07, 6.45) is 33.0. The molecule has 0 bridgehead atoms. The van der Waals surface area contributed by atoms with E-state index in [1.165, 1.54) is 154 Å². The van der Waals surface area contributed by atoms with Crippen molar-refractivity contribution in [1.29, 1.82) is 0 Å². The summed E-state index contributed by atoms with van der Waals surface area (Å²) in [6.45, 7) is 7.03. The lowest BCUT2D eigenvalue weighted by molar-refractivity contribution is -0.890. The highest BCUT2D eigenvalue weighted by atomic mass is 35.5. The van der Waals surface area contributed by atoms with E-state index in [9.17, 15) is 0 Å². The summed E-state index contributed by atoms with van der Waals surface area (Å²) in [4.78, 5) is 0. The minimum atomic E-state index is -2.62. The van der Waals surface area contributed by atoms with Gasteiger partial charge in [0.25, 0.3) is 0 Å². The van der Waals surface area contributed by atoms with Crippen LogP contribution in [-0.2, 0) is 13.3 Å². The van der Waals surface area contributed by atoms with Crippen molar-refractivity contribution in [2.24, 2.45) is 0 Å². The second-order valence-electron chi connectivity index (χ2n) is 12.9. The minimum absolute atomic E-state index is 0. The van der Waals surface area contributed by atoms with Gasteiger partial charge in [-0.1, -0.05) is 142 Å². The first-order valence-electron chi connectivity index (χ1n) is 17.4. The highest BCUT2D eigenvalue weighted by molar-refractivity contribution is 6.62. The molecule has 0 N–H and O–H groups in total. The van der Waals surface area contributed by atoms with Gasteiger partial charge in [-0.2, -0.15) is 0 Å². The number of halogens is 1. The highest BCUT2D eigenvalue weighted by Gasteiger charge is 2.47. The zero-order valence-corrected chi connectivity index (χ0v) is 30.3. The highest BCUT2D eigenvalue weighted by Crippen LogP contribution is 2.34. The Morgan fingerprint density at radius 2 is 0.775 bits per heavy atom. The van der Waals surface area contributed by atoms with Crippen LogP contribution in [0, 0.1) is 0 Å². The third kappa shape index (κ3) is 22.9. The fraction of sp³-hybridized carbons (Fsp3) is 1.00. The van der Waals surface area contributed by atoms with Gasteiger partial charge in [0.15, 0.2) is 0 Å². The lowest BCUT2D eigenvalue weighted by atomic mass is 10.0. The number of quaternary nitrogens is 1. The summed E-state index contributed by atoms with van der Waals surface area (Å²) in [5, 5.41) is 0. The first-order valence-corrected chi connectivity index (χ1v) is 19.2. The van der Waals surface area contributed by atoms with Crippen molar-refractivity contribution >= 4 is 8.80 Å². The SMILES string of the molecule is CCCCCCCCCCCCCCC(CC[N+](C)(C)CCCCCCCCCCCC)[Si](OC)(OC)OC.[Cl-]. The molecule has 244 valence electrons. The monoisotopic (exact) mass is 608 g/mol. The Bertz CT molecular complexity index is 497. The van der Waals surface area contributed by atoms with Gasteiger partial charge in [0.2, 0.25) is 0 Å². The van der Waals surface area contributed by atoms with Crippen LogP contribution in [0.25, 0.3) is 0 Å². The van der Waals surface area contributed by atoms with Crippen molar-refractivity contribution in [3.63, 3.8) is 0 Å². The lowest BCUT2D eigenvalue weighted by Gasteiger charge is -2.36. The van der Waals surface area contributed by atoms with Gasteiger partial charge < -0.3 is 30.2 Å². The van der Waals surface area contributed by atoms with Crippen LogP contribution in [0.15, 0.2) is 0 Å². The molecule has 1 unspecified atom stereocenters. The van der Waals surface area contributed by atoms with Crippen molar-refractivity contribution < 1.29 is 30.2 Å². The number of nitrogens with zero attached hydrogens (tertiary/aromatic N) is 1. The molecule has 0 saturated heterocycles. The predicted molar refractivity (Wildman–Crippen MR) is 175 cm³/mol. The molecule has 0 spiro atoms. The molecule has 0 heterocycles. The Labute approximate surface area is 260 Å². The normalized spacial score (nSPS) is 13.0. The average molecular weight is 609 g/mol. The summed E-state index contributed by atoms with van der Waals surface area (Å²) in [7, 11) is 7.56. The molecule has 0 radical (unpaired) electrons. The lowest BCUT2D eigenvalue weighted by Crippen LogP contribution is -3.00. The zero-order chi connectivity index (χ0) is 29.1. The zero-order valence-electron chi connectivity index (χ0n) is 28.5. The molecule has 0 aromatic heterocycles. The largest absolute Gasteiger partial charge is 1.00 e. The van der Waals surface area contributed by atoms with Crippen LogP contribution in [-0.4, -0.2) is 61.8 Å². The van der Waals surface area contributed by atoms with E-state index in [1.807, 2.05) is 0 Å². The Morgan fingerprint density at radius 3 is 1.12 bits per heavy atom. The van der Waals surface area contributed by atoms with E-state index in [2.05, 4.69) is 27.9 Å². The first-order chi connectivity index (χ1) is 18.9. The van der Waals surface area contributed by atoms with Crippen molar-refractivity contribution in [2.45, 2.75) is 173 Å². The van der Waals surface area contributed by atoms with Crippen molar-refractivity contribution in [3.8, 4) is 0 Å². The summed E-state index contributed by atoms with van der Waals surface area (Å²) in [6, 6.07) is 0. The second-order valence-corrected chi connectivity index (χ2v) is 16.2. The number of hydrogen-bond acceptors (Lipinski definition) is 3. The molecule has 0 rings (SSSR count). The van der Waals surface area contributed by atoms with E-state index in [0.717, 1.165) is 17.3 Å². The van der Waals surface area contributed by atoms with Crippen LogP contribution in [0.1, 0.15) is 168 Å². The molecule has 6 heteroatoms. The summed E-state index contributed by atoms with van der Waals surface area (Å²) in [5.41, 5.74) is 0.394. The number of hydrogen-bond donors (Lipinski definition) is 0. The molecule has 0 amide bonds. The molecule has 0 saturated carbocycles. The standard InChI is InChI=1S/C34H74NO3Si.ClH/c1-8-10-12-14-16-18-20-21-22-24-26-28-30-34(39(36-5,37-6)38-7)31-33-35(3,4)32-29-27-25-23-19-17-15-13-11-9-2;/h34H,8-33H2,1-7H3;1H/q+1;/p-1. The molecule has 0 aliphatic rings. The van der Waals surface area contributed by atoms with Gasteiger partial charge >= 0.3 is 8.80 Å². The van der Waals surface area contributed by atoms with Crippen LogP contribution < -0.4 is 12.4 Å². The third-order valence-corrected chi connectivity index (χ3v) is 12.2. The van der Waals surface area contributed by atoms with E-state index in [-0.39, 0.29) is 12.4 Å². The number of unbranched alkanes of at least 4 members (excludes halogenated alkanes) is 20. The molecule has 0 aromatic rings. The predicted octanol–water partition coefficient (Wildman–Crippen LogP) is 7.72. The molecule has 0 aliphatic heterocycles. The van der Waals surface area contributed by atoms with Gasteiger partial charge in [0.1, 0.15) is 0 Å². The van der Waals surface area contributed by atoms with Crippen LogP contribution in [0.4, 0.5) is 0 Å². The van der Waals surface area contributed by atoms with Gasteiger partial charge in [-0.25, -0.2) is 0 Å². The third-order valence-electron chi connectivity index (χ3n) is 8.96. The summed E-state index contributed by atoms with van der Waals surface area (Å²) in [5.74, 6) is 0. The van der Waals surface area contributed by atoms with Gasteiger partial charge in [-0.15, -0.1) is 0 Å². The molecule has 40 heavy (non-hydrogen) atoms. The molecule has 0 aromatic carbocycles. The maximum atomic E-state index is 5.98. The fourth-order valence-corrected chi connectivity index (χ4v) is 8.66. The Morgan fingerprint density at radius 1 is 0.450 bits per heavy atom. The number of rotatable bonds is 31. The van der Waals surface area contributed by atoms with Crippen LogP contribution in [0.5, 0.6) is 0 Å². The molecule has 4 nitrogen and oxygen atoms in total. The van der Waals surface area contributed by atoms with E-state index in [0.29, 0.717) is 5.54 Å². The smallest absolute Gasteiger partial charge is 0.503 e. The minimum Gasteiger partial charge on any atom is -1.00 e. The molecule has 0 aliphatic carbocycles. The van der Waals surface area contributed by atoms with Gasteiger partial charge in [-0.05, 0) is 19.3 Å². The fourth-order valence-electron chi connectivity index (χ4n) is 6.12. The van der Waals surface area contributed by atoms with Crippen molar-refractivity contribution in [2.75, 3.05) is 48.5 Å². The van der Waals surface area contributed by atoms with Gasteiger partial charge in [0.05, 0.1) is 27.2 Å². The van der Waals surface area contributed by atoms with Crippen molar-refractivity contribution in [3.05, 3.63) is 0 Å². The Hall–Kier alpha value is 0.347. The van der Waals surface area contributed by atoms with Gasteiger partial charge in [0, 0.05) is 33.3 Å². The molecular weight excluding hydrogens is 534 g/mol. The van der Waals surface area contributed by atoms with Crippen LogP contribution in [0.2, 0.25) is 5.54 Å². The molecule has 1 atom stereocenters. The van der Waals surface area contributed by atoms with E-state index in [4.69, 9.17) is 13.3 Å². The maximum absolute atomic E-state index is 5.98. The quantitative estimate of drug-likeness (QED) is 0.0459. The Kier molecular flexibility index (Phi) is 31.2. The van der Waals surface area contributed by atoms with E-state index >= 15 is 0 Å². The summed E-state index contributed by atoms with van der Waals surface area (Å²) < 4.78 is 19.0. The molecule has 0 fully saturated rings.